The van der Waals surface area contributed by atoms with Crippen LogP contribution in [0.5, 0.6) is 5.75 Å². The maximum Gasteiger partial charge on any atom is 0.352 e. The van der Waals surface area contributed by atoms with Gasteiger partial charge in [-0.3, -0.25) is 4.79 Å². The van der Waals surface area contributed by atoms with Gasteiger partial charge in [0.25, 0.3) is 5.91 Å². The Labute approximate surface area is 146 Å². The molecule has 0 fully saturated rings. The third-order valence-electron chi connectivity index (χ3n) is 3.19. The minimum Gasteiger partial charge on any atom is -0.489 e. The highest BCUT2D eigenvalue weighted by Gasteiger charge is 2.13. The largest absolute Gasteiger partial charge is 0.489 e. The van der Waals surface area contributed by atoms with Gasteiger partial charge in [0.15, 0.2) is 0 Å². The second-order valence-corrected chi connectivity index (χ2v) is 5.50. The highest BCUT2D eigenvalue weighted by molar-refractivity contribution is 6.02. The maximum atomic E-state index is 12.1. The molecule has 0 bridgehead atoms. The molecule has 0 aromatic heterocycles. The zero-order valence-electron chi connectivity index (χ0n) is 13.9. The van der Waals surface area contributed by atoms with Gasteiger partial charge >= 0.3 is 5.97 Å². The van der Waals surface area contributed by atoms with Gasteiger partial charge in [0.05, 0.1) is 0 Å². The molecule has 0 heterocycles. The molecule has 0 aliphatic carbocycles. The molecule has 0 saturated carbocycles. The minimum atomic E-state index is -1.22. The number of benzene rings is 2. The summed E-state index contributed by atoms with van der Waals surface area (Å²) in [6, 6.07) is 15.3. The first-order valence-electron chi connectivity index (χ1n) is 7.64. The number of carbonyl (C=O) groups excluding carboxylic acids is 1. The van der Waals surface area contributed by atoms with Crippen molar-refractivity contribution < 1.29 is 19.4 Å². The van der Waals surface area contributed by atoms with E-state index in [2.05, 4.69) is 11.9 Å². The molecule has 0 saturated heterocycles. The number of nitrogens with one attached hydrogen (secondary N) is 1. The summed E-state index contributed by atoms with van der Waals surface area (Å²) in [4.78, 5) is 23.5. The molecule has 0 radical (unpaired) electrons. The summed E-state index contributed by atoms with van der Waals surface area (Å²) in [6.07, 6.45) is 1.39. The molecule has 25 heavy (non-hydrogen) atoms. The van der Waals surface area contributed by atoms with Crippen molar-refractivity contribution in [2.24, 2.45) is 0 Å². The van der Waals surface area contributed by atoms with E-state index in [0.29, 0.717) is 23.5 Å². The molecule has 2 N–H and O–H groups in total. The van der Waals surface area contributed by atoms with Crippen LogP contribution in [0.25, 0.3) is 6.08 Å². The highest BCUT2D eigenvalue weighted by atomic mass is 16.5. The maximum absolute atomic E-state index is 12.1. The van der Waals surface area contributed by atoms with E-state index in [1.165, 1.54) is 6.08 Å². The Morgan fingerprint density at radius 3 is 2.32 bits per heavy atom. The molecule has 128 valence electrons. The summed E-state index contributed by atoms with van der Waals surface area (Å²) in [6.45, 7) is 6.05. The Hall–Kier alpha value is -3.34. The number of aliphatic carboxylic acids is 1. The molecule has 0 spiro atoms. The molecule has 2 rings (SSSR count). The number of carbonyl (C=O) groups is 2. The number of carboxylic acid groups (broad SMARTS) is 1. The lowest BCUT2D eigenvalue weighted by Crippen LogP contribution is -2.27. The van der Waals surface area contributed by atoms with Crippen molar-refractivity contribution in [2.45, 2.75) is 6.92 Å². The molecule has 2 aromatic carbocycles. The van der Waals surface area contributed by atoms with Crippen LogP contribution >= 0.6 is 0 Å². The topological polar surface area (TPSA) is 75.6 Å². The van der Waals surface area contributed by atoms with Gasteiger partial charge in [0.2, 0.25) is 0 Å². The summed E-state index contributed by atoms with van der Waals surface area (Å²) in [5.74, 6) is -1.03. The Morgan fingerprint density at radius 2 is 1.76 bits per heavy atom. The van der Waals surface area contributed by atoms with E-state index in [0.717, 1.165) is 5.57 Å². The third kappa shape index (κ3) is 5.66. The van der Waals surface area contributed by atoms with E-state index in [1.54, 1.807) is 54.6 Å². The van der Waals surface area contributed by atoms with Crippen LogP contribution in [0.4, 0.5) is 0 Å². The average molecular weight is 337 g/mol. The van der Waals surface area contributed by atoms with Gasteiger partial charge in [-0.2, -0.15) is 0 Å². The van der Waals surface area contributed by atoms with Crippen molar-refractivity contribution >= 4 is 18.0 Å². The fourth-order valence-electron chi connectivity index (χ4n) is 1.97. The highest BCUT2D eigenvalue weighted by Crippen LogP contribution is 2.15. The monoisotopic (exact) mass is 337 g/mol. The Balaban J connectivity index is 2.12. The quantitative estimate of drug-likeness (QED) is 0.599. The molecule has 0 aliphatic heterocycles. The molecule has 2 aromatic rings. The molecule has 0 unspecified atom stereocenters. The lowest BCUT2D eigenvalue weighted by Gasteiger charge is -2.08. The molecule has 1 amide bonds. The number of hydrogen-bond donors (Lipinski definition) is 2. The number of amides is 1. The van der Waals surface area contributed by atoms with Gasteiger partial charge in [-0.25, -0.2) is 4.79 Å². The molecular formula is C20H19NO4. The van der Waals surface area contributed by atoms with Gasteiger partial charge in [-0.05, 0) is 48.4 Å². The standard InChI is InChI=1S/C20H19NO4/c1-14(2)13-25-17-10-8-15(9-11-17)12-18(20(23)24)21-19(22)16-6-4-3-5-7-16/h3-12H,1,13H2,2H3,(H,21,22)(H,23,24)/b18-12+. The third-order valence-corrected chi connectivity index (χ3v) is 3.19. The summed E-state index contributed by atoms with van der Waals surface area (Å²) in [5, 5.41) is 11.7. The number of rotatable bonds is 7. The van der Waals surface area contributed by atoms with Crippen molar-refractivity contribution in [1.82, 2.24) is 5.32 Å². The first-order chi connectivity index (χ1) is 12.0. The van der Waals surface area contributed by atoms with Crippen molar-refractivity contribution in [3.8, 4) is 5.75 Å². The number of ether oxygens (including phenoxy) is 1. The van der Waals surface area contributed by atoms with Crippen LogP contribution in [-0.4, -0.2) is 23.6 Å². The van der Waals surface area contributed by atoms with Crippen molar-refractivity contribution in [3.63, 3.8) is 0 Å². The van der Waals surface area contributed by atoms with Gasteiger partial charge in [0, 0.05) is 5.56 Å². The molecule has 0 aliphatic rings. The number of hydrogen-bond acceptors (Lipinski definition) is 3. The Morgan fingerprint density at radius 1 is 1.12 bits per heavy atom. The van der Waals surface area contributed by atoms with E-state index in [4.69, 9.17) is 4.74 Å². The molecule has 5 heteroatoms. The fraction of sp³-hybridized carbons (Fsp3) is 0.100. The second kappa shape index (κ2) is 8.49. The zero-order valence-corrected chi connectivity index (χ0v) is 13.9. The van der Waals surface area contributed by atoms with Gasteiger partial charge < -0.3 is 15.2 Å². The van der Waals surface area contributed by atoms with Gasteiger partial charge in [-0.15, -0.1) is 0 Å². The predicted molar refractivity (Wildman–Crippen MR) is 96.3 cm³/mol. The fourth-order valence-corrected chi connectivity index (χ4v) is 1.97. The summed E-state index contributed by atoms with van der Waals surface area (Å²) in [7, 11) is 0. The van der Waals surface area contributed by atoms with E-state index < -0.39 is 11.9 Å². The van der Waals surface area contributed by atoms with Crippen LogP contribution in [0.15, 0.2) is 72.4 Å². The van der Waals surface area contributed by atoms with Crippen LogP contribution in [0.2, 0.25) is 0 Å². The van der Waals surface area contributed by atoms with Crippen molar-refractivity contribution in [3.05, 3.63) is 83.6 Å². The first-order valence-corrected chi connectivity index (χ1v) is 7.64. The zero-order chi connectivity index (χ0) is 18.2. The molecular weight excluding hydrogens is 318 g/mol. The normalized spacial score (nSPS) is 10.8. The van der Waals surface area contributed by atoms with Crippen LogP contribution in [-0.2, 0) is 4.79 Å². The first kappa shape index (κ1) is 18.0. The van der Waals surface area contributed by atoms with E-state index in [-0.39, 0.29) is 5.70 Å². The summed E-state index contributed by atoms with van der Waals surface area (Å²) >= 11 is 0. The lowest BCUT2D eigenvalue weighted by atomic mass is 10.1. The average Bonchev–Trinajstić information content (AvgIpc) is 2.61. The Bertz CT molecular complexity index is 792. The second-order valence-electron chi connectivity index (χ2n) is 5.50. The Kier molecular flexibility index (Phi) is 6.12. The summed E-state index contributed by atoms with van der Waals surface area (Å²) in [5.41, 5.74) is 1.72. The summed E-state index contributed by atoms with van der Waals surface area (Å²) < 4.78 is 5.49. The van der Waals surface area contributed by atoms with Crippen molar-refractivity contribution in [1.29, 1.82) is 0 Å². The van der Waals surface area contributed by atoms with Gasteiger partial charge in [-0.1, -0.05) is 36.9 Å². The van der Waals surface area contributed by atoms with Crippen LogP contribution in [0.3, 0.4) is 0 Å². The molecule has 0 atom stereocenters. The van der Waals surface area contributed by atoms with Crippen LogP contribution in [0.1, 0.15) is 22.8 Å². The molecule has 5 nitrogen and oxygen atoms in total. The number of carboxylic acids is 1. The van der Waals surface area contributed by atoms with Crippen LogP contribution in [0, 0.1) is 0 Å². The van der Waals surface area contributed by atoms with Crippen LogP contribution < -0.4 is 10.1 Å². The SMILES string of the molecule is C=C(C)COc1ccc(/C=C(/NC(=O)c2ccccc2)C(=O)O)cc1. The van der Waals surface area contributed by atoms with E-state index >= 15 is 0 Å². The van der Waals surface area contributed by atoms with Crippen molar-refractivity contribution in [2.75, 3.05) is 6.61 Å². The minimum absolute atomic E-state index is 0.204. The van der Waals surface area contributed by atoms with Gasteiger partial charge in [0.1, 0.15) is 18.1 Å². The lowest BCUT2D eigenvalue weighted by molar-refractivity contribution is -0.132. The predicted octanol–water partition coefficient (Wildman–Crippen LogP) is 3.50. The smallest absolute Gasteiger partial charge is 0.352 e. The van der Waals surface area contributed by atoms with E-state index in [9.17, 15) is 14.7 Å². The van der Waals surface area contributed by atoms with E-state index in [1.807, 2.05) is 6.92 Å².